The Bertz CT molecular complexity index is 691. The maximum absolute atomic E-state index is 12.4. The average molecular weight is 328 g/mol. The summed E-state index contributed by atoms with van der Waals surface area (Å²) in [6.07, 6.45) is -4.79. The van der Waals surface area contributed by atoms with Crippen molar-refractivity contribution >= 4 is 11.6 Å². The summed E-state index contributed by atoms with van der Waals surface area (Å²) in [6.45, 7) is 3.70. The van der Waals surface area contributed by atoms with E-state index in [0.29, 0.717) is 11.5 Å². The molecule has 0 bridgehead atoms. The Morgan fingerprint density at radius 2 is 2.04 bits per heavy atom. The summed E-state index contributed by atoms with van der Waals surface area (Å²) in [5.74, 6) is 0.165. The number of ether oxygens (including phenoxy) is 1. The third-order valence-electron chi connectivity index (χ3n) is 2.96. The monoisotopic (exact) mass is 328 g/mol. The number of guanidine groups is 1. The van der Waals surface area contributed by atoms with Crippen LogP contribution in [0, 0.1) is 13.8 Å². The van der Waals surface area contributed by atoms with E-state index in [4.69, 9.17) is 10.3 Å². The van der Waals surface area contributed by atoms with Crippen LogP contribution in [0.3, 0.4) is 0 Å². The van der Waals surface area contributed by atoms with E-state index >= 15 is 0 Å². The number of nitrogens with one attached hydrogen (secondary N) is 1. The van der Waals surface area contributed by atoms with E-state index in [9.17, 15) is 13.2 Å². The molecule has 0 saturated carbocycles. The second-order valence-electron chi connectivity index (χ2n) is 4.67. The van der Waals surface area contributed by atoms with Crippen LogP contribution in [-0.2, 0) is 6.54 Å². The van der Waals surface area contributed by atoms with E-state index in [-0.39, 0.29) is 18.2 Å². The molecule has 3 N–H and O–H groups in total. The quantitative estimate of drug-likeness (QED) is 0.665. The summed E-state index contributed by atoms with van der Waals surface area (Å²) < 4.78 is 46.0. The van der Waals surface area contributed by atoms with Crippen LogP contribution in [0.15, 0.2) is 33.8 Å². The van der Waals surface area contributed by atoms with Crippen molar-refractivity contribution in [2.45, 2.75) is 26.8 Å². The largest absolute Gasteiger partial charge is 0.573 e. The highest BCUT2D eigenvalue weighted by atomic mass is 19.4. The number of hydrogen-bond donors (Lipinski definition) is 2. The maximum atomic E-state index is 12.4. The van der Waals surface area contributed by atoms with Gasteiger partial charge in [-0.3, -0.25) is 0 Å². The molecule has 0 fully saturated rings. The molecule has 0 radical (unpaired) electrons. The third-order valence-corrected chi connectivity index (χ3v) is 2.96. The number of hydrogen-bond acceptors (Lipinski definition) is 4. The number of benzene rings is 1. The molecular weight excluding hydrogens is 313 g/mol. The highest BCUT2D eigenvalue weighted by molar-refractivity contribution is 5.93. The van der Waals surface area contributed by atoms with Crippen molar-refractivity contribution in [3.8, 4) is 5.75 Å². The second-order valence-corrected chi connectivity index (χ2v) is 4.67. The van der Waals surface area contributed by atoms with Crippen molar-refractivity contribution in [2.24, 2.45) is 10.7 Å². The van der Waals surface area contributed by atoms with Crippen molar-refractivity contribution in [1.29, 1.82) is 0 Å². The van der Waals surface area contributed by atoms with E-state index in [0.717, 1.165) is 5.56 Å². The summed E-state index contributed by atoms with van der Waals surface area (Å²) in [5, 5.41) is 6.37. The van der Waals surface area contributed by atoms with Gasteiger partial charge in [0.05, 0.1) is 17.9 Å². The van der Waals surface area contributed by atoms with E-state index in [1.165, 1.54) is 18.2 Å². The minimum absolute atomic E-state index is 0.0526. The van der Waals surface area contributed by atoms with E-state index in [2.05, 4.69) is 20.2 Å². The average Bonchev–Trinajstić information content (AvgIpc) is 2.76. The van der Waals surface area contributed by atoms with Crippen LogP contribution < -0.4 is 15.8 Å². The number of para-hydroxylation sites is 2. The zero-order valence-corrected chi connectivity index (χ0v) is 12.4. The Labute approximate surface area is 130 Å². The van der Waals surface area contributed by atoms with Crippen molar-refractivity contribution in [3.05, 3.63) is 41.3 Å². The van der Waals surface area contributed by atoms with Gasteiger partial charge in [0.2, 0.25) is 0 Å². The fraction of sp³-hybridized carbons (Fsp3) is 0.286. The summed E-state index contributed by atoms with van der Waals surface area (Å²) in [6, 6.07) is 5.55. The summed E-state index contributed by atoms with van der Waals surface area (Å²) >= 11 is 0. The zero-order chi connectivity index (χ0) is 17.0. The Balaban J connectivity index is 2.11. The van der Waals surface area contributed by atoms with E-state index in [1.54, 1.807) is 19.9 Å². The molecule has 6 nitrogen and oxygen atoms in total. The molecule has 0 spiro atoms. The lowest BCUT2D eigenvalue weighted by molar-refractivity contribution is -0.274. The first kappa shape index (κ1) is 16.7. The number of aryl methyl sites for hydroxylation is 2. The molecule has 0 amide bonds. The lowest BCUT2D eigenvalue weighted by Gasteiger charge is -2.14. The Morgan fingerprint density at radius 1 is 1.35 bits per heavy atom. The number of alkyl halides is 3. The lowest BCUT2D eigenvalue weighted by Crippen LogP contribution is -2.24. The number of rotatable bonds is 4. The van der Waals surface area contributed by atoms with Gasteiger partial charge in [-0.25, -0.2) is 4.99 Å². The van der Waals surface area contributed by atoms with Crippen LogP contribution >= 0.6 is 0 Å². The SMILES string of the molecule is Cc1noc(C)c1CN=C(N)Nc1ccccc1OC(F)(F)F. The predicted molar refractivity (Wildman–Crippen MR) is 78.1 cm³/mol. The fourth-order valence-corrected chi connectivity index (χ4v) is 1.85. The highest BCUT2D eigenvalue weighted by Crippen LogP contribution is 2.29. The summed E-state index contributed by atoms with van der Waals surface area (Å²) in [7, 11) is 0. The Morgan fingerprint density at radius 3 is 2.65 bits per heavy atom. The smallest absolute Gasteiger partial charge is 0.404 e. The summed E-state index contributed by atoms with van der Waals surface area (Å²) in [4.78, 5) is 4.07. The van der Waals surface area contributed by atoms with E-state index in [1.807, 2.05) is 0 Å². The molecule has 0 aliphatic carbocycles. The number of nitrogens with zero attached hydrogens (tertiary/aromatic N) is 2. The normalized spacial score (nSPS) is 12.3. The number of aromatic nitrogens is 1. The van der Waals surface area contributed by atoms with Crippen LogP contribution in [-0.4, -0.2) is 17.5 Å². The molecule has 0 aliphatic heterocycles. The standard InChI is InChI=1S/C14H15F3N4O2/c1-8-10(9(2)23-21-8)7-19-13(18)20-11-5-3-4-6-12(11)22-14(15,16)17/h3-6H,7H2,1-2H3,(H3,18,19,20). The molecule has 124 valence electrons. The number of halogens is 3. The van der Waals surface area contributed by atoms with Gasteiger partial charge in [0.25, 0.3) is 0 Å². The van der Waals surface area contributed by atoms with Gasteiger partial charge in [0.1, 0.15) is 5.76 Å². The number of nitrogens with two attached hydrogens (primary N) is 1. The van der Waals surface area contributed by atoms with Crippen LogP contribution in [0.25, 0.3) is 0 Å². The van der Waals surface area contributed by atoms with Gasteiger partial charge in [0.15, 0.2) is 11.7 Å². The first-order valence-electron chi connectivity index (χ1n) is 6.59. The van der Waals surface area contributed by atoms with Gasteiger partial charge >= 0.3 is 6.36 Å². The van der Waals surface area contributed by atoms with Gasteiger partial charge in [-0.2, -0.15) is 0 Å². The summed E-state index contributed by atoms with van der Waals surface area (Å²) in [5.41, 5.74) is 7.22. The van der Waals surface area contributed by atoms with Crippen molar-refractivity contribution < 1.29 is 22.4 Å². The molecular formula is C14H15F3N4O2. The lowest BCUT2D eigenvalue weighted by atomic mass is 10.2. The molecule has 0 saturated heterocycles. The minimum Gasteiger partial charge on any atom is -0.404 e. The molecule has 23 heavy (non-hydrogen) atoms. The Kier molecular flexibility index (Phi) is 4.77. The highest BCUT2D eigenvalue weighted by Gasteiger charge is 2.32. The van der Waals surface area contributed by atoms with Crippen molar-refractivity contribution in [1.82, 2.24) is 5.16 Å². The topological polar surface area (TPSA) is 85.7 Å². The van der Waals surface area contributed by atoms with Gasteiger partial charge < -0.3 is 20.3 Å². The molecule has 1 aromatic heterocycles. The molecule has 9 heteroatoms. The maximum Gasteiger partial charge on any atom is 0.573 e. The molecule has 1 heterocycles. The van der Waals surface area contributed by atoms with Crippen LogP contribution in [0.1, 0.15) is 17.0 Å². The van der Waals surface area contributed by atoms with Gasteiger partial charge in [-0.1, -0.05) is 17.3 Å². The first-order valence-corrected chi connectivity index (χ1v) is 6.59. The second kappa shape index (κ2) is 6.59. The molecule has 0 unspecified atom stereocenters. The van der Waals surface area contributed by atoms with E-state index < -0.39 is 12.1 Å². The number of aliphatic imine (C=N–C) groups is 1. The molecule has 2 aromatic rings. The molecule has 2 rings (SSSR count). The molecule has 1 aromatic carbocycles. The van der Waals surface area contributed by atoms with Gasteiger partial charge in [-0.05, 0) is 26.0 Å². The molecule has 0 atom stereocenters. The van der Waals surface area contributed by atoms with Gasteiger partial charge in [0, 0.05) is 5.56 Å². The van der Waals surface area contributed by atoms with Crippen molar-refractivity contribution in [2.75, 3.05) is 5.32 Å². The van der Waals surface area contributed by atoms with Gasteiger partial charge in [-0.15, -0.1) is 13.2 Å². The third kappa shape index (κ3) is 4.63. The van der Waals surface area contributed by atoms with Crippen LogP contribution in [0.2, 0.25) is 0 Å². The van der Waals surface area contributed by atoms with Crippen LogP contribution in [0.4, 0.5) is 18.9 Å². The predicted octanol–water partition coefficient (Wildman–Crippen LogP) is 3.12. The first-order chi connectivity index (χ1) is 10.8. The Hall–Kier alpha value is -2.71. The van der Waals surface area contributed by atoms with Crippen molar-refractivity contribution in [3.63, 3.8) is 0 Å². The fourth-order valence-electron chi connectivity index (χ4n) is 1.85. The molecule has 0 aliphatic rings. The van der Waals surface area contributed by atoms with Crippen LogP contribution in [0.5, 0.6) is 5.75 Å². The zero-order valence-electron chi connectivity index (χ0n) is 12.4. The minimum atomic E-state index is -4.79. The number of anilines is 1.